The molecule has 0 unspecified atom stereocenters. The molecule has 0 atom stereocenters. The molecule has 0 bridgehead atoms. The van der Waals surface area contributed by atoms with Crippen LogP contribution >= 0.6 is 0 Å². The van der Waals surface area contributed by atoms with Gasteiger partial charge in [-0.1, -0.05) is 22.8 Å². The van der Waals surface area contributed by atoms with Crippen molar-refractivity contribution < 1.29 is 13.2 Å². The molecule has 3 rings (SSSR count). The van der Waals surface area contributed by atoms with Gasteiger partial charge in [0.1, 0.15) is 6.54 Å². The number of tetrazole rings is 1. The summed E-state index contributed by atoms with van der Waals surface area (Å²) in [5.74, 6) is -0.139. The number of rotatable bonds is 4. The number of sulfonamides is 1. The van der Waals surface area contributed by atoms with E-state index in [0.717, 1.165) is 5.56 Å². The fourth-order valence-electron chi connectivity index (χ4n) is 2.59. The number of nitrogens with two attached hydrogens (primary N) is 1. The lowest BCUT2D eigenvalue weighted by Crippen LogP contribution is -2.51. The molecule has 10 nitrogen and oxygen atoms in total. The lowest BCUT2D eigenvalue weighted by Gasteiger charge is -2.34. The molecule has 1 amide bonds. The molecule has 1 aromatic heterocycles. The van der Waals surface area contributed by atoms with Crippen molar-refractivity contribution in [1.82, 2.24) is 29.4 Å². The van der Waals surface area contributed by atoms with Crippen LogP contribution in [0.3, 0.4) is 0 Å². The summed E-state index contributed by atoms with van der Waals surface area (Å²) in [4.78, 5) is 14.1. The molecule has 0 spiro atoms. The van der Waals surface area contributed by atoms with Gasteiger partial charge in [0.15, 0.2) is 0 Å². The minimum atomic E-state index is -3.55. The summed E-state index contributed by atoms with van der Waals surface area (Å²) >= 11 is 0. The number of carbonyl (C=O) groups is 1. The second-order valence-electron chi connectivity index (χ2n) is 5.79. The lowest BCUT2D eigenvalue weighted by atomic mass is 10.2. The molecule has 0 aliphatic carbocycles. The Morgan fingerprint density at radius 3 is 2.36 bits per heavy atom. The van der Waals surface area contributed by atoms with Gasteiger partial charge in [-0.15, -0.1) is 0 Å². The number of hydrogen-bond donors (Lipinski definition) is 1. The first-order chi connectivity index (χ1) is 11.9. The van der Waals surface area contributed by atoms with E-state index in [-0.39, 0.29) is 36.4 Å². The maximum Gasteiger partial charge on any atom is 0.244 e. The first-order valence-electron chi connectivity index (χ1n) is 7.74. The number of anilines is 1. The second-order valence-corrected chi connectivity index (χ2v) is 7.73. The van der Waals surface area contributed by atoms with E-state index in [9.17, 15) is 13.2 Å². The number of aryl methyl sites for hydroxylation is 1. The van der Waals surface area contributed by atoms with E-state index in [4.69, 9.17) is 5.73 Å². The van der Waals surface area contributed by atoms with Gasteiger partial charge in [-0.25, -0.2) is 13.1 Å². The van der Waals surface area contributed by atoms with Gasteiger partial charge in [-0.2, -0.15) is 4.31 Å². The fourth-order valence-corrected chi connectivity index (χ4v) is 4.01. The normalized spacial score (nSPS) is 16.1. The third-order valence-corrected chi connectivity index (χ3v) is 6.01. The zero-order valence-corrected chi connectivity index (χ0v) is 14.6. The summed E-state index contributed by atoms with van der Waals surface area (Å²) in [7, 11) is -3.55. The maximum atomic E-state index is 12.7. The summed E-state index contributed by atoms with van der Waals surface area (Å²) in [6.45, 7) is 2.94. The van der Waals surface area contributed by atoms with Crippen LogP contribution in [0.5, 0.6) is 0 Å². The standard InChI is InChI=1S/C14H19N7O3S/c1-11-2-4-12(5-3-11)25(23,24)20-8-6-19(7-9-20)13(22)10-21-14(15)16-17-18-21/h2-5H,6-10H2,1H3,(H2,15,16,18). The van der Waals surface area contributed by atoms with Crippen LogP contribution in [-0.2, 0) is 21.4 Å². The SMILES string of the molecule is Cc1ccc(S(=O)(=O)N2CCN(C(=O)Cn3nnnc3N)CC2)cc1. The average molecular weight is 365 g/mol. The van der Waals surface area contributed by atoms with Crippen molar-refractivity contribution in [2.24, 2.45) is 0 Å². The van der Waals surface area contributed by atoms with Crippen LogP contribution in [0.15, 0.2) is 29.2 Å². The highest BCUT2D eigenvalue weighted by Crippen LogP contribution is 2.18. The van der Waals surface area contributed by atoms with E-state index in [0.29, 0.717) is 13.1 Å². The maximum absolute atomic E-state index is 12.7. The Bertz CT molecular complexity index is 855. The number of nitrogen functional groups attached to an aromatic ring is 1. The van der Waals surface area contributed by atoms with Gasteiger partial charge in [0.25, 0.3) is 0 Å². The van der Waals surface area contributed by atoms with Gasteiger partial charge in [-0.3, -0.25) is 4.79 Å². The van der Waals surface area contributed by atoms with Gasteiger partial charge in [0, 0.05) is 26.2 Å². The summed E-state index contributed by atoms with van der Waals surface area (Å²) in [6, 6.07) is 6.73. The monoisotopic (exact) mass is 365 g/mol. The number of amides is 1. The molecule has 2 aromatic rings. The van der Waals surface area contributed by atoms with Crippen LogP contribution in [0.25, 0.3) is 0 Å². The third-order valence-electron chi connectivity index (χ3n) is 4.09. The smallest absolute Gasteiger partial charge is 0.244 e. The van der Waals surface area contributed by atoms with Crippen molar-refractivity contribution in [3.63, 3.8) is 0 Å². The van der Waals surface area contributed by atoms with Crippen molar-refractivity contribution in [1.29, 1.82) is 0 Å². The highest BCUT2D eigenvalue weighted by molar-refractivity contribution is 7.89. The summed E-state index contributed by atoms with van der Waals surface area (Å²) in [6.07, 6.45) is 0. The van der Waals surface area contributed by atoms with Crippen LogP contribution in [0.2, 0.25) is 0 Å². The highest BCUT2D eigenvalue weighted by Gasteiger charge is 2.30. The number of hydrogen-bond acceptors (Lipinski definition) is 7. The minimum Gasteiger partial charge on any atom is -0.367 e. The van der Waals surface area contributed by atoms with E-state index < -0.39 is 10.0 Å². The number of benzene rings is 1. The first-order valence-corrected chi connectivity index (χ1v) is 9.18. The molecule has 0 radical (unpaired) electrons. The van der Waals surface area contributed by atoms with Crippen molar-refractivity contribution in [3.05, 3.63) is 29.8 Å². The van der Waals surface area contributed by atoms with Crippen LogP contribution in [0.4, 0.5) is 5.95 Å². The number of nitrogens with zero attached hydrogens (tertiary/aromatic N) is 6. The van der Waals surface area contributed by atoms with Gasteiger partial charge in [0.2, 0.25) is 21.9 Å². The number of carbonyl (C=O) groups excluding carboxylic acids is 1. The Balaban J connectivity index is 1.62. The van der Waals surface area contributed by atoms with Crippen molar-refractivity contribution in [2.45, 2.75) is 18.4 Å². The van der Waals surface area contributed by atoms with E-state index in [1.165, 1.54) is 8.99 Å². The summed E-state index contributed by atoms with van der Waals surface area (Å²) in [5, 5.41) is 10.5. The summed E-state index contributed by atoms with van der Waals surface area (Å²) in [5.41, 5.74) is 6.54. The van der Waals surface area contributed by atoms with Crippen molar-refractivity contribution in [3.8, 4) is 0 Å². The number of piperazine rings is 1. The molecule has 1 fully saturated rings. The van der Waals surface area contributed by atoms with E-state index in [1.54, 1.807) is 29.2 Å². The lowest BCUT2D eigenvalue weighted by molar-refractivity contribution is -0.133. The van der Waals surface area contributed by atoms with E-state index in [2.05, 4.69) is 15.5 Å². The van der Waals surface area contributed by atoms with Crippen molar-refractivity contribution >= 4 is 21.9 Å². The molecule has 1 saturated heterocycles. The second kappa shape index (κ2) is 6.76. The molecule has 0 saturated carbocycles. The molecular formula is C14H19N7O3S. The molecular weight excluding hydrogens is 346 g/mol. The topological polar surface area (TPSA) is 127 Å². The van der Waals surface area contributed by atoms with Gasteiger partial charge in [0.05, 0.1) is 4.90 Å². The van der Waals surface area contributed by atoms with Crippen LogP contribution < -0.4 is 5.73 Å². The summed E-state index contributed by atoms with van der Waals surface area (Å²) < 4.78 is 27.9. The molecule has 11 heteroatoms. The minimum absolute atomic E-state index is 0.0638. The Morgan fingerprint density at radius 1 is 1.16 bits per heavy atom. The van der Waals surface area contributed by atoms with Crippen LogP contribution in [0, 0.1) is 6.92 Å². The van der Waals surface area contributed by atoms with E-state index >= 15 is 0 Å². The average Bonchev–Trinajstić information content (AvgIpc) is 3.00. The van der Waals surface area contributed by atoms with E-state index in [1.807, 2.05) is 6.92 Å². The molecule has 134 valence electrons. The molecule has 1 aliphatic heterocycles. The first kappa shape index (κ1) is 17.3. The highest BCUT2D eigenvalue weighted by atomic mass is 32.2. The predicted molar refractivity (Wildman–Crippen MR) is 88.7 cm³/mol. The zero-order valence-electron chi connectivity index (χ0n) is 13.7. The Hall–Kier alpha value is -2.53. The predicted octanol–water partition coefficient (Wildman–Crippen LogP) is -0.903. The quantitative estimate of drug-likeness (QED) is 0.743. The zero-order chi connectivity index (χ0) is 18.0. The molecule has 2 heterocycles. The Morgan fingerprint density at radius 2 is 1.80 bits per heavy atom. The fraction of sp³-hybridized carbons (Fsp3) is 0.429. The Kier molecular flexibility index (Phi) is 4.68. The molecule has 1 aromatic carbocycles. The molecule has 2 N–H and O–H groups in total. The van der Waals surface area contributed by atoms with Crippen LogP contribution in [-0.4, -0.2) is 69.9 Å². The van der Waals surface area contributed by atoms with Crippen molar-refractivity contribution in [2.75, 3.05) is 31.9 Å². The third kappa shape index (κ3) is 3.61. The van der Waals surface area contributed by atoms with Crippen LogP contribution in [0.1, 0.15) is 5.56 Å². The van der Waals surface area contributed by atoms with Gasteiger partial charge < -0.3 is 10.6 Å². The number of aromatic nitrogens is 4. The van der Waals surface area contributed by atoms with Gasteiger partial charge >= 0.3 is 0 Å². The molecule has 1 aliphatic rings. The Labute approximate surface area is 145 Å². The van der Waals surface area contributed by atoms with Gasteiger partial charge in [-0.05, 0) is 29.5 Å². The molecule has 25 heavy (non-hydrogen) atoms. The largest absolute Gasteiger partial charge is 0.367 e.